The van der Waals surface area contributed by atoms with Crippen LogP contribution < -0.4 is 14.8 Å². The van der Waals surface area contributed by atoms with Crippen molar-refractivity contribution in [2.24, 2.45) is 0 Å². The Labute approximate surface area is 164 Å². The zero-order valence-electron chi connectivity index (χ0n) is 16.0. The molecule has 0 spiro atoms. The first-order chi connectivity index (χ1) is 13.4. The van der Waals surface area contributed by atoms with Crippen LogP contribution in [0.15, 0.2) is 41.4 Å². The van der Waals surface area contributed by atoms with E-state index >= 15 is 0 Å². The summed E-state index contributed by atoms with van der Waals surface area (Å²) < 4.78 is 37.9. The van der Waals surface area contributed by atoms with E-state index in [1.807, 2.05) is 13.0 Å². The number of carbonyl (C=O) groups excluding carboxylic acids is 1. The molecule has 3 rings (SSSR count). The predicted molar refractivity (Wildman–Crippen MR) is 104 cm³/mol. The van der Waals surface area contributed by atoms with Gasteiger partial charge in [0.1, 0.15) is 11.9 Å². The number of aryl methyl sites for hydroxylation is 1. The summed E-state index contributed by atoms with van der Waals surface area (Å²) in [5.41, 5.74) is 0.808. The number of nitrogens with zero attached hydrogens (tertiary/aromatic N) is 2. The molecule has 1 fully saturated rings. The number of methoxy groups -OCH3 is 2. The van der Waals surface area contributed by atoms with Gasteiger partial charge in [0.2, 0.25) is 15.9 Å². The second-order valence-electron chi connectivity index (χ2n) is 6.45. The number of sulfonamides is 1. The molecule has 2 heterocycles. The van der Waals surface area contributed by atoms with Crippen molar-refractivity contribution in [3.63, 3.8) is 0 Å². The highest BCUT2D eigenvalue weighted by atomic mass is 32.2. The van der Waals surface area contributed by atoms with Gasteiger partial charge in [-0.3, -0.25) is 4.79 Å². The first-order valence-corrected chi connectivity index (χ1v) is 10.3. The van der Waals surface area contributed by atoms with Crippen LogP contribution in [0.2, 0.25) is 0 Å². The van der Waals surface area contributed by atoms with Gasteiger partial charge in [0.05, 0.1) is 19.1 Å². The minimum Gasteiger partial charge on any atom is -0.493 e. The molecule has 1 unspecified atom stereocenters. The molecule has 1 aromatic carbocycles. The van der Waals surface area contributed by atoms with Gasteiger partial charge in [-0.2, -0.15) is 4.31 Å². The molecular formula is C19H23N3O5S. The van der Waals surface area contributed by atoms with Crippen LogP contribution in [0.5, 0.6) is 11.5 Å². The third-order valence-corrected chi connectivity index (χ3v) is 6.62. The van der Waals surface area contributed by atoms with Crippen molar-refractivity contribution in [3.8, 4) is 11.5 Å². The number of hydrogen-bond acceptors (Lipinski definition) is 6. The van der Waals surface area contributed by atoms with E-state index in [1.54, 1.807) is 12.3 Å². The summed E-state index contributed by atoms with van der Waals surface area (Å²) in [4.78, 5) is 17.0. The van der Waals surface area contributed by atoms with Crippen LogP contribution in [-0.2, 0) is 14.8 Å². The molecule has 0 bridgehead atoms. The van der Waals surface area contributed by atoms with Gasteiger partial charge in [-0.05, 0) is 43.5 Å². The van der Waals surface area contributed by atoms with Crippen LogP contribution in [0.3, 0.4) is 0 Å². The minimum atomic E-state index is -3.88. The lowest BCUT2D eigenvalue weighted by atomic mass is 10.2. The predicted octanol–water partition coefficient (Wildman–Crippen LogP) is 2.20. The lowest BCUT2D eigenvalue weighted by Gasteiger charge is -2.24. The second-order valence-corrected chi connectivity index (χ2v) is 8.34. The van der Waals surface area contributed by atoms with Crippen LogP contribution >= 0.6 is 0 Å². The number of anilines is 1. The van der Waals surface area contributed by atoms with Crippen molar-refractivity contribution < 1.29 is 22.7 Å². The standard InChI is InChI=1S/C19H23N3O5S/c1-13-6-4-10-20-18(13)21-19(23)15-7-5-11-22(15)28(24,25)14-8-9-16(26-2)17(12-14)27-3/h4,6,8-10,12,15H,5,7,11H2,1-3H3,(H,20,21,23). The Hall–Kier alpha value is -2.65. The number of carbonyl (C=O) groups is 1. The number of benzene rings is 1. The average Bonchev–Trinajstić information content (AvgIpc) is 3.20. The van der Waals surface area contributed by atoms with Crippen molar-refractivity contribution >= 4 is 21.7 Å². The SMILES string of the molecule is COc1ccc(S(=O)(=O)N2CCCC2C(=O)Nc2ncccc2C)cc1OC. The second kappa shape index (κ2) is 8.15. The van der Waals surface area contributed by atoms with Crippen LogP contribution in [-0.4, -0.2) is 50.4 Å². The van der Waals surface area contributed by atoms with Gasteiger partial charge < -0.3 is 14.8 Å². The maximum atomic E-state index is 13.2. The summed E-state index contributed by atoms with van der Waals surface area (Å²) in [6.45, 7) is 2.10. The van der Waals surface area contributed by atoms with E-state index in [9.17, 15) is 13.2 Å². The molecule has 1 atom stereocenters. The summed E-state index contributed by atoms with van der Waals surface area (Å²) in [6.07, 6.45) is 2.63. The molecule has 150 valence electrons. The highest BCUT2D eigenvalue weighted by Gasteiger charge is 2.40. The van der Waals surface area contributed by atoms with Crippen LogP contribution in [0.25, 0.3) is 0 Å². The molecular weight excluding hydrogens is 382 g/mol. The monoisotopic (exact) mass is 405 g/mol. The molecule has 0 saturated carbocycles. The van der Waals surface area contributed by atoms with Gasteiger partial charge in [0.15, 0.2) is 11.5 Å². The molecule has 1 saturated heterocycles. The lowest BCUT2D eigenvalue weighted by Crippen LogP contribution is -2.43. The topological polar surface area (TPSA) is 97.8 Å². The average molecular weight is 405 g/mol. The zero-order valence-corrected chi connectivity index (χ0v) is 16.8. The van der Waals surface area contributed by atoms with Gasteiger partial charge in [0.25, 0.3) is 0 Å². The molecule has 1 N–H and O–H groups in total. The van der Waals surface area contributed by atoms with Crippen molar-refractivity contribution in [1.29, 1.82) is 0 Å². The van der Waals surface area contributed by atoms with E-state index in [4.69, 9.17) is 9.47 Å². The fraction of sp³-hybridized carbons (Fsp3) is 0.368. The largest absolute Gasteiger partial charge is 0.493 e. The highest BCUT2D eigenvalue weighted by molar-refractivity contribution is 7.89. The third kappa shape index (κ3) is 3.81. The molecule has 9 heteroatoms. The van der Waals surface area contributed by atoms with Crippen LogP contribution in [0, 0.1) is 6.92 Å². The van der Waals surface area contributed by atoms with Crippen LogP contribution in [0.1, 0.15) is 18.4 Å². The molecule has 8 nitrogen and oxygen atoms in total. The highest BCUT2D eigenvalue weighted by Crippen LogP contribution is 2.33. The Balaban J connectivity index is 1.87. The summed E-state index contributed by atoms with van der Waals surface area (Å²) in [5.74, 6) is 0.793. The van der Waals surface area contributed by atoms with Gasteiger partial charge >= 0.3 is 0 Å². The normalized spacial score (nSPS) is 17.3. The van der Waals surface area contributed by atoms with E-state index in [0.717, 1.165) is 5.56 Å². The third-order valence-electron chi connectivity index (χ3n) is 4.72. The number of ether oxygens (including phenoxy) is 2. The summed E-state index contributed by atoms with van der Waals surface area (Å²) in [6, 6.07) is 7.20. The van der Waals surface area contributed by atoms with Gasteiger partial charge in [-0.15, -0.1) is 0 Å². The van der Waals surface area contributed by atoms with E-state index in [0.29, 0.717) is 30.2 Å². The number of pyridine rings is 1. The van der Waals surface area contributed by atoms with Crippen molar-refractivity contribution in [2.45, 2.75) is 30.7 Å². The van der Waals surface area contributed by atoms with Crippen molar-refractivity contribution in [3.05, 3.63) is 42.1 Å². The molecule has 1 aliphatic heterocycles. The minimum absolute atomic E-state index is 0.0545. The molecule has 1 aromatic heterocycles. The molecule has 28 heavy (non-hydrogen) atoms. The summed E-state index contributed by atoms with van der Waals surface area (Å²) >= 11 is 0. The summed E-state index contributed by atoms with van der Waals surface area (Å²) in [7, 11) is -0.958. The molecule has 1 aliphatic rings. The molecule has 2 aromatic rings. The maximum Gasteiger partial charge on any atom is 0.243 e. The number of rotatable bonds is 6. The maximum absolute atomic E-state index is 13.2. The molecule has 0 radical (unpaired) electrons. The Morgan fingerprint density at radius 3 is 2.64 bits per heavy atom. The van der Waals surface area contributed by atoms with E-state index in [-0.39, 0.29) is 17.3 Å². The molecule has 0 aliphatic carbocycles. The smallest absolute Gasteiger partial charge is 0.243 e. The fourth-order valence-electron chi connectivity index (χ4n) is 3.22. The van der Waals surface area contributed by atoms with E-state index in [1.165, 1.54) is 36.7 Å². The van der Waals surface area contributed by atoms with E-state index in [2.05, 4.69) is 10.3 Å². The number of nitrogens with one attached hydrogen (secondary N) is 1. The van der Waals surface area contributed by atoms with Crippen molar-refractivity contribution in [1.82, 2.24) is 9.29 Å². The Morgan fingerprint density at radius 1 is 1.21 bits per heavy atom. The Bertz CT molecular complexity index is 977. The first kappa shape index (κ1) is 20.1. The lowest BCUT2D eigenvalue weighted by molar-refractivity contribution is -0.119. The summed E-state index contributed by atoms with van der Waals surface area (Å²) in [5, 5.41) is 2.75. The van der Waals surface area contributed by atoms with Gasteiger partial charge in [-0.25, -0.2) is 13.4 Å². The van der Waals surface area contributed by atoms with Crippen LogP contribution in [0.4, 0.5) is 5.82 Å². The number of hydrogen-bond donors (Lipinski definition) is 1. The number of aromatic nitrogens is 1. The van der Waals surface area contributed by atoms with Gasteiger partial charge in [0, 0.05) is 18.8 Å². The first-order valence-electron chi connectivity index (χ1n) is 8.85. The van der Waals surface area contributed by atoms with Gasteiger partial charge in [-0.1, -0.05) is 6.07 Å². The van der Waals surface area contributed by atoms with Crippen molar-refractivity contribution in [2.75, 3.05) is 26.1 Å². The van der Waals surface area contributed by atoms with E-state index < -0.39 is 16.1 Å². The quantitative estimate of drug-likeness (QED) is 0.791. The Morgan fingerprint density at radius 2 is 1.96 bits per heavy atom. The zero-order chi connectivity index (χ0) is 20.3. The fourth-order valence-corrected chi connectivity index (χ4v) is 4.89. The molecule has 1 amide bonds. The Kier molecular flexibility index (Phi) is 5.85. The number of amides is 1.